The standard InChI is InChI=1S/C20H22N2O4/c1-13-11-16(15(3)23)5-7-18(13)21-22-19-8-6-17(12-14(19)2)20(24)26-10-9-25-4/h5-8,11-12H,9-10H2,1-4H3. The first-order chi connectivity index (χ1) is 12.4. The molecule has 0 aromatic heterocycles. The Morgan fingerprint density at radius 2 is 1.42 bits per heavy atom. The second-order valence-corrected chi connectivity index (χ2v) is 5.89. The largest absolute Gasteiger partial charge is 0.460 e. The van der Waals surface area contributed by atoms with E-state index in [1.165, 1.54) is 6.92 Å². The van der Waals surface area contributed by atoms with Gasteiger partial charge >= 0.3 is 5.97 Å². The van der Waals surface area contributed by atoms with Crippen LogP contribution in [0.25, 0.3) is 0 Å². The van der Waals surface area contributed by atoms with E-state index in [4.69, 9.17) is 9.47 Å². The summed E-state index contributed by atoms with van der Waals surface area (Å²) in [7, 11) is 1.55. The van der Waals surface area contributed by atoms with Crippen LogP contribution in [-0.2, 0) is 9.47 Å². The lowest BCUT2D eigenvalue weighted by molar-refractivity contribution is 0.0388. The van der Waals surface area contributed by atoms with E-state index < -0.39 is 5.97 Å². The molecule has 2 rings (SSSR count). The van der Waals surface area contributed by atoms with Crippen molar-refractivity contribution in [1.82, 2.24) is 0 Å². The Labute approximate surface area is 152 Å². The van der Waals surface area contributed by atoms with Crippen molar-refractivity contribution in [2.45, 2.75) is 20.8 Å². The van der Waals surface area contributed by atoms with Crippen molar-refractivity contribution in [1.29, 1.82) is 0 Å². The molecule has 0 aliphatic rings. The maximum Gasteiger partial charge on any atom is 0.338 e. The summed E-state index contributed by atoms with van der Waals surface area (Å²) in [4.78, 5) is 23.3. The Morgan fingerprint density at radius 3 is 1.92 bits per heavy atom. The summed E-state index contributed by atoms with van der Waals surface area (Å²) < 4.78 is 9.95. The molecule has 0 N–H and O–H groups in total. The fourth-order valence-corrected chi connectivity index (χ4v) is 2.29. The lowest BCUT2D eigenvalue weighted by atomic mass is 10.1. The maximum atomic E-state index is 11.9. The SMILES string of the molecule is COCCOC(=O)c1ccc(N=Nc2ccc(C(C)=O)cc2C)c(C)c1. The molecular formula is C20H22N2O4. The molecular weight excluding hydrogens is 332 g/mol. The third kappa shape index (κ3) is 5.07. The van der Waals surface area contributed by atoms with E-state index in [0.29, 0.717) is 29.1 Å². The number of rotatable bonds is 7. The predicted octanol–water partition coefficient (Wildman–Crippen LogP) is 4.72. The minimum atomic E-state index is -0.399. The molecule has 6 heteroatoms. The monoisotopic (exact) mass is 354 g/mol. The number of nitrogens with zero attached hydrogens (tertiary/aromatic N) is 2. The highest BCUT2D eigenvalue weighted by atomic mass is 16.6. The van der Waals surface area contributed by atoms with Crippen LogP contribution in [0.15, 0.2) is 46.6 Å². The fourth-order valence-electron chi connectivity index (χ4n) is 2.29. The van der Waals surface area contributed by atoms with E-state index in [2.05, 4.69) is 10.2 Å². The summed E-state index contributed by atoms with van der Waals surface area (Å²) in [6.45, 7) is 5.84. The molecule has 6 nitrogen and oxygen atoms in total. The number of ether oxygens (including phenoxy) is 2. The van der Waals surface area contributed by atoms with Crippen LogP contribution in [-0.4, -0.2) is 32.1 Å². The molecule has 0 heterocycles. The first kappa shape index (κ1) is 19.5. The van der Waals surface area contributed by atoms with Gasteiger partial charge in [-0.25, -0.2) is 4.79 Å². The zero-order valence-electron chi connectivity index (χ0n) is 15.4. The smallest absolute Gasteiger partial charge is 0.338 e. The van der Waals surface area contributed by atoms with E-state index in [1.807, 2.05) is 13.8 Å². The summed E-state index contributed by atoms with van der Waals surface area (Å²) in [6, 6.07) is 10.4. The lowest BCUT2D eigenvalue weighted by Gasteiger charge is -2.06. The van der Waals surface area contributed by atoms with Crippen molar-refractivity contribution >= 4 is 23.1 Å². The van der Waals surface area contributed by atoms with Gasteiger partial charge in [-0.3, -0.25) is 4.79 Å². The van der Waals surface area contributed by atoms with Crippen molar-refractivity contribution in [3.63, 3.8) is 0 Å². The number of ketones is 1. The average molecular weight is 354 g/mol. The zero-order chi connectivity index (χ0) is 19.1. The number of aryl methyl sites for hydroxylation is 2. The second kappa shape index (κ2) is 9.01. The van der Waals surface area contributed by atoms with Gasteiger partial charge in [0.05, 0.1) is 23.5 Å². The molecule has 0 unspecified atom stereocenters. The Hall–Kier alpha value is -2.86. The number of hydrogen-bond acceptors (Lipinski definition) is 6. The lowest BCUT2D eigenvalue weighted by Crippen LogP contribution is -2.09. The van der Waals surface area contributed by atoms with Gasteiger partial charge in [0.15, 0.2) is 5.78 Å². The van der Waals surface area contributed by atoms with Crippen LogP contribution in [0.2, 0.25) is 0 Å². The van der Waals surface area contributed by atoms with Crippen molar-refractivity contribution in [3.8, 4) is 0 Å². The molecule has 2 aromatic carbocycles. The second-order valence-electron chi connectivity index (χ2n) is 5.89. The van der Waals surface area contributed by atoms with E-state index in [-0.39, 0.29) is 12.4 Å². The molecule has 2 aromatic rings. The number of carbonyl (C=O) groups excluding carboxylic acids is 2. The van der Waals surface area contributed by atoms with Gasteiger partial charge in [0.2, 0.25) is 0 Å². The number of hydrogen-bond donors (Lipinski definition) is 0. The molecule has 0 spiro atoms. The molecule has 0 aliphatic carbocycles. The summed E-state index contributed by atoms with van der Waals surface area (Å²) in [5, 5.41) is 8.51. The van der Waals surface area contributed by atoms with Crippen molar-refractivity contribution in [2.24, 2.45) is 10.2 Å². The van der Waals surface area contributed by atoms with Crippen molar-refractivity contribution in [3.05, 3.63) is 58.7 Å². The Bertz CT molecular complexity index is 844. The molecule has 0 saturated carbocycles. The van der Waals surface area contributed by atoms with Crippen LogP contribution in [0, 0.1) is 13.8 Å². The third-order valence-corrected chi connectivity index (χ3v) is 3.82. The quantitative estimate of drug-likeness (QED) is 0.312. The van der Waals surface area contributed by atoms with Gasteiger partial charge in [-0.05, 0) is 68.3 Å². The van der Waals surface area contributed by atoms with Gasteiger partial charge in [0, 0.05) is 12.7 Å². The highest BCUT2D eigenvalue weighted by molar-refractivity contribution is 5.94. The Balaban J connectivity index is 2.14. The zero-order valence-corrected chi connectivity index (χ0v) is 15.4. The first-order valence-electron chi connectivity index (χ1n) is 8.22. The summed E-state index contributed by atoms with van der Waals surface area (Å²) in [5.41, 5.74) is 4.14. The molecule has 136 valence electrons. The van der Waals surface area contributed by atoms with Crippen LogP contribution >= 0.6 is 0 Å². The molecule has 0 radical (unpaired) electrons. The van der Waals surface area contributed by atoms with Crippen LogP contribution in [0.3, 0.4) is 0 Å². The van der Waals surface area contributed by atoms with Gasteiger partial charge in [-0.1, -0.05) is 0 Å². The number of benzene rings is 2. The highest BCUT2D eigenvalue weighted by Crippen LogP contribution is 2.26. The molecule has 0 fully saturated rings. The van der Waals surface area contributed by atoms with Gasteiger partial charge in [-0.2, -0.15) is 10.2 Å². The normalized spacial score (nSPS) is 10.9. The molecule has 0 saturated heterocycles. The fraction of sp³-hybridized carbons (Fsp3) is 0.300. The number of Topliss-reactive ketones (excluding diaryl/α,β-unsaturated/α-hetero) is 1. The van der Waals surface area contributed by atoms with Crippen LogP contribution in [0.5, 0.6) is 0 Å². The number of esters is 1. The summed E-state index contributed by atoms with van der Waals surface area (Å²) in [6.07, 6.45) is 0. The highest BCUT2D eigenvalue weighted by Gasteiger charge is 2.09. The van der Waals surface area contributed by atoms with Crippen LogP contribution < -0.4 is 0 Å². The van der Waals surface area contributed by atoms with Gasteiger partial charge in [0.25, 0.3) is 0 Å². The molecule has 0 amide bonds. The van der Waals surface area contributed by atoms with E-state index in [9.17, 15) is 9.59 Å². The maximum absolute atomic E-state index is 11.9. The topological polar surface area (TPSA) is 77.3 Å². The van der Waals surface area contributed by atoms with Gasteiger partial charge < -0.3 is 9.47 Å². The van der Waals surface area contributed by atoms with E-state index >= 15 is 0 Å². The minimum absolute atomic E-state index is 0.0143. The number of carbonyl (C=O) groups is 2. The third-order valence-electron chi connectivity index (χ3n) is 3.82. The predicted molar refractivity (Wildman–Crippen MR) is 98.7 cm³/mol. The summed E-state index contributed by atoms with van der Waals surface area (Å²) >= 11 is 0. The molecule has 0 bridgehead atoms. The number of methoxy groups -OCH3 is 1. The van der Waals surface area contributed by atoms with Crippen molar-refractivity contribution in [2.75, 3.05) is 20.3 Å². The Kier molecular flexibility index (Phi) is 6.74. The molecule has 0 aliphatic heterocycles. The number of azo groups is 1. The van der Waals surface area contributed by atoms with E-state index in [0.717, 1.165) is 11.1 Å². The van der Waals surface area contributed by atoms with Crippen molar-refractivity contribution < 1.29 is 19.1 Å². The minimum Gasteiger partial charge on any atom is -0.460 e. The summed E-state index contributed by atoms with van der Waals surface area (Å²) in [5.74, 6) is -0.385. The van der Waals surface area contributed by atoms with Gasteiger partial charge in [0.1, 0.15) is 6.61 Å². The molecule has 26 heavy (non-hydrogen) atoms. The molecule has 0 atom stereocenters. The average Bonchev–Trinajstić information content (AvgIpc) is 2.61. The van der Waals surface area contributed by atoms with E-state index in [1.54, 1.807) is 43.5 Å². The van der Waals surface area contributed by atoms with Crippen LogP contribution in [0.1, 0.15) is 38.8 Å². The van der Waals surface area contributed by atoms with Gasteiger partial charge in [-0.15, -0.1) is 0 Å². The first-order valence-corrected chi connectivity index (χ1v) is 8.22. The van der Waals surface area contributed by atoms with Crippen LogP contribution in [0.4, 0.5) is 11.4 Å². The Morgan fingerprint density at radius 1 is 0.885 bits per heavy atom.